The maximum Gasteiger partial charge on any atom is 0.259 e. The highest BCUT2D eigenvalue weighted by Gasteiger charge is 2.16. The highest BCUT2D eigenvalue weighted by atomic mass is 16.5. The normalized spacial score (nSPS) is 10.2. The Bertz CT molecular complexity index is 943. The monoisotopic (exact) mass is 378 g/mol. The molecule has 28 heavy (non-hydrogen) atoms. The van der Waals surface area contributed by atoms with Gasteiger partial charge >= 0.3 is 0 Å². The van der Waals surface area contributed by atoms with Crippen molar-refractivity contribution in [2.75, 3.05) is 36.2 Å². The van der Waals surface area contributed by atoms with Crippen LogP contribution in [0.1, 0.15) is 17.3 Å². The molecule has 0 spiro atoms. The van der Waals surface area contributed by atoms with Gasteiger partial charge in [-0.1, -0.05) is 0 Å². The topological polar surface area (TPSA) is 92.3 Å². The summed E-state index contributed by atoms with van der Waals surface area (Å²) in [6, 6.07) is 10.9. The number of aromatic nitrogens is 3. The van der Waals surface area contributed by atoms with Crippen molar-refractivity contribution in [3.05, 3.63) is 60.7 Å². The molecule has 0 radical (unpaired) electrons. The first kappa shape index (κ1) is 19.1. The third-order valence-corrected chi connectivity index (χ3v) is 3.84. The quantitative estimate of drug-likeness (QED) is 0.651. The molecular formula is C20H22N6O2. The Hall–Kier alpha value is -3.68. The molecule has 3 aromatic rings. The van der Waals surface area contributed by atoms with Crippen molar-refractivity contribution >= 4 is 28.9 Å². The summed E-state index contributed by atoms with van der Waals surface area (Å²) in [6.07, 6.45) is 4.63. The number of rotatable bonds is 7. The largest absolute Gasteiger partial charge is 0.494 e. The summed E-state index contributed by atoms with van der Waals surface area (Å²) in [5.74, 6) is 1.55. The average molecular weight is 378 g/mol. The van der Waals surface area contributed by atoms with Crippen molar-refractivity contribution in [3.63, 3.8) is 0 Å². The fourth-order valence-corrected chi connectivity index (χ4v) is 2.58. The Morgan fingerprint density at radius 3 is 2.64 bits per heavy atom. The van der Waals surface area contributed by atoms with Crippen LogP contribution in [0.25, 0.3) is 0 Å². The highest BCUT2D eigenvalue weighted by Crippen LogP contribution is 2.24. The van der Waals surface area contributed by atoms with Gasteiger partial charge in [-0.3, -0.25) is 4.79 Å². The van der Waals surface area contributed by atoms with E-state index in [1.807, 2.05) is 45.3 Å². The minimum absolute atomic E-state index is 0.306. The van der Waals surface area contributed by atoms with Crippen LogP contribution in [0, 0.1) is 0 Å². The molecular weight excluding hydrogens is 356 g/mol. The van der Waals surface area contributed by atoms with Crippen molar-refractivity contribution in [2.45, 2.75) is 6.92 Å². The van der Waals surface area contributed by atoms with Crippen molar-refractivity contribution < 1.29 is 9.53 Å². The molecule has 0 atom stereocenters. The van der Waals surface area contributed by atoms with E-state index in [0.717, 1.165) is 11.4 Å². The van der Waals surface area contributed by atoms with Gasteiger partial charge in [-0.25, -0.2) is 15.0 Å². The Kier molecular flexibility index (Phi) is 6.01. The van der Waals surface area contributed by atoms with Gasteiger partial charge in [0.15, 0.2) is 5.82 Å². The van der Waals surface area contributed by atoms with Gasteiger partial charge in [0.1, 0.15) is 23.6 Å². The van der Waals surface area contributed by atoms with E-state index in [4.69, 9.17) is 4.74 Å². The SMILES string of the molecule is CCOc1ccc(Nc2ncccc2C(=O)Nc2cncnc2N(C)C)cc1. The summed E-state index contributed by atoms with van der Waals surface area (Å²) in [4.78, 5) is 27.2. The van der Waals surface area contributed by atoms with Gasteiger partial charge in [0, 0.05) is 26.0 Å². The fraction of sp³-hybridized carbons (Fsp3) is 0.200. The summed E-state index contributed by atoms with van der Waals surface area (Å²) in [6.45, 7) is 2.54. The van der Waals surface area contributed by atoms with Gasteiger partial charge in [0.05, 0.1) is 18.4 Å². The first-order valence-corrected chi connectivity index (χ1v) is 8.82. The van der Waals surface area contributed by atoms with Gasteiger partial charge in [-0.05, 0) is 43.3 Å². The van der Waals surface area contributed by atoms with Crippen molar-refractivity contribution in [3.8, 4) is 5.75 Å². The molecule has 8 nitrogen and oxygen atoms in total. The minimum atomic E-state index is -0.306. The van der Waals surface area contributed by atoms with E-state index in [9.17, 15) is 4.79 Å². The zero-order chi connectivity index (χ0) is 19.9. The molecule has 0 aliphatic rings. The standard InChI is InChI=1S/C20H22N6O2/c1-4-28-15-9-7-14(8-10-15)24-18-16(6-5-11-22-18)20(27)25-17-12-21-13-23-19(17)26(2)3/h5-13H,4H2,1-3H3,(H,22,24)(H,25,27). The van der Waals surface area contributed by atoms with Crippen molar-refractivity contribution in [2.24, 2.45) is 0 Å². The molecule has 2 N–H and O–H groups in total. The predicted molar refractivity (Wildman–Crippen MR) is 109 cm³/mol. The second kappa shape index (κ2) is 8.81. The molecule has 2 heterocycles. The van der Waals surface area contributed by atoms with Crippen molar-refractivity contribution in [1.82, 2.24) is 15.0 Å². The Morgan fingerprint density at radius 1 is 1.14 bits per heavy atom. The van der Waals surface area contributed by atoms with Gasteiger partial charge in [0.2, 0.25) is 0 Å². The first-order valence-electron chi connectivity index (χ1n) is 8.82. The van der Waals surface area contributed by atoms with Gasteiger partial charge in [-0.15, -0.1) is 0 Å². The molecule has 0 fully saturated rings. The zero-order valence-electron chi connectivity index (χ0n) is 16.0. The molecule has 1 amide bonds. The highest BCUT2D eigenvalue weighted by molar-refractivity contribution is 6.08. The molecule has 0 unspecified atom stereocenters. The lowest BCUT2D eigenvalue weighted by Crippen LogP contribution is -2.19. The number of anilines is 4. The van der Waals surface area contributed by atoms with E-state index >= 15 is 0 Å². The third kappa shape index (κ3) is 4.53. The molecule has 2 aromatic heterocycles. The molecule has 0 aliphatic heterocycles. The van der Waals surface area contributed by atoms with Crippen LogP contribution in [0.3, 0.4) is 0 Å². The van der Waals surface area contributed by atoms with Crippen LogP contribution in [0.4, 0.5) is 23.0 Å². The summed E-state index contributed by atoms with van der Waals surface area (Å²) in [5.41, 5.74) is 1.73. The molecule has 0 saturated carbocycles. The molecule has 0 aliphatic carbocycles. The van der Waals surface area contributed by atoms with Crippen LogP contribution in [0.2, 0.25) is 0 Å². The lowest BCUT2D eigenvalue weighted by Gasteiger charge is -2.16. The number of benzene rings is 1. The minimum Gasteiger partial charge on any atom is -0.494 e. The van der Waals surface area contributed by atoms with E-state index in [-0.39, 0.29) is 5.91 Å². The molecule has 1 aromatic carbocycles. The van der Waals surface area contributed by atoms with Crippen molar-refractivity contribution in [1.29, 1.82) is 0 Å². The average Bonchev–Trinajstić information content (AvgIpc) is 2.70. The number of carbonyl (C=O) groups excluding carboxylic acids is 1. The van der Waals surface area contributed by atoms with E-state index in [2.05, 4.69) is 25.6 Å². The molecule has 8 heteroatoms. The number of pyridine rings is 1. The molecule has 144 valence electrons. The maximum atomic E-state index is 12.9. The summed E-state index contributed by atoms with van der Waals surface area (Å²) >= 11 is 0. The van der Waals surface area contributed by atoms with Crippen LogP contribution in [0.5, 0.6) is 5.75 Å². The Balaban J connectivity index is 1.81. The van der Waals surface area contributed by atoms with Crippen LogP contribution < -0.4 is 20.3 Å². The Labute approximate surface area is 163 Å². The third-order valence-electron chi connectivity index (χ3n) is 3.84. The molecule has 3 rings (SSSR count). The smallest absolute Gasteiger partial charge is 0.259 e. The van der Waals surface area contributed by atoms with Gasteiger partial charge in [-0.2, -0.15) is 0 Å². The van der Waals surface area contributed by atoms with Crippen LogP contribution in [-0.2, 0) is 0 Å². The van der Waals surface area contributed by atoms with Crippen LogP contribution in [0.15, 0.2) is 55.1 Å². The lowest BCUT2D eigenvalue weighted by molar-refractivity contribution is 0.102. The number of nitrogens with zero attached hydrogens (tertiary/aromatic N) is 4. The number of ether oxygens (including phenoxy) is 1. The molecule has 0 bridgehead atoms. The number of hydrogen-bond acceptors (Lipinski definition) is 7. The summed E-state index contributed by atoms with van der Waals surface area (Å²) in [5, 5.41) is 6.03. The van der Waals surface area contributed by atoms with E-state index in [1.54, 1.807) is 29.4 Å². The first-order chi connectivity index (χ1) is 13.6. The van der Waals surface area contributed by atoms with E-state index in [0.29, 0.717) is 29.5 Å². The fourth-order valence-electron chi connectivity index (χ4n) is 2.58. The summed E-state index contributed by atoms with van der Waals surface area (Å²) < 4.78 is 5.45. The van der Waals surface area contributed by atoms with Crippen LogP contribution >= 0.6 is 0 Å². The van der Waals surface area contributed by atoms with Gasteiger partial charge in [0.25, 0.3) is 5.91 Å². The number of hydrogen-bond donors (Lipinski definition) is 2. The van der Waals surface area contributed by atoms with Gasteiger partial charge < -0.3 is 20.3 Å². The number of amides is 1. The Morgan fingerprint density at radius 2 is 1.93 bits per heavy atom. The maximum absolute atomic E-state index is 12.9. The second-order valence-electron chi connectivity index (χ2n) is 6.09. The predicted octanol–water partition coefficient (Wildman–Crippen LogP) is 3.33. The second-order valence-corrected chi connectivity index (χ2v) is 6.09. The van der Waals surface area contributed by atoms with E-state index in [1.165, 1.54) is 6.33 Å². The lowest BCUT2D eigenvalue weighted by atomic mass is 10.2. The molecule has 0 saturated heterocycles. The number of nitrogens with one attached hydrogen (secondary N) is 2. The van der Waals surface area contributed by atoms with Crippen LogP contribution in [-0.4, -0.2) is 41.6 Å². The van der Waals surface area contributed by atoms with E-state index < -0.39 is 0 Å². The summed E-state index contributed by atoms with van der Waals surface area (Å²) in [7, 11) is 3.70. The number of carbonyl (C=O) groups is 1. The zero-order valence-corrected chi connectivity index (χ0v) is 16.0.